The summed E-state index contributed by atoms with van der Waals surface area (Å²) in [6.07, 6.45) is 0. The van der Waals surface area contributed by atoms with E-state index in [1.807, 2.05) is 0 Å². The molecule has 0 atom stereocenters. The van der Waals surface area contributed by atoms with E-state index in [1.165, 1.54) is 24.3 Å². The van der Waals surface area contributed by atoms with Gasteiger partial charge in [-0.2, -0.15) is 0 Å². The first kappa shape index (κ1) is 11.6. The average Bonchev–Trinajstić information content (AvgIpc) is 3.76. The maximum atomic E-state index is 9.62. The molecule has 0 saturated carbocycles. The van der Waals surface area contributed by atoms with Gasteiger partial charge in [0.25, 0.3) is 0 Å². The molecule has 1 heteroatoms. The topological polar surface area (TPSA) is 13.1 Å². The van der Waals surface area contributed by atoms with Gasteiger partial charge in [-0.3, -0.25) is 0 Å². The Morgan fingerprint density at radius 2 is 0.787 bits per heavy atom. The number of fused-ring (bicyclic) bond motifs is 3. The molecule has 0 bridgehead atoms. The third kappa shape index (κ3) is 4.47. The highest BCUT2D eigenvalue weighted by molar-refractivity contribution is 6.25. The summed E-state index contributed by atoms with van der Waals surface area (Å²) in [7, 11) is 0. The molecule has 8 aromatic carbocycles. The van der Waals surface area contributed by atoms with Gasteiger partial charge in [0.2, 0.25) is 0 Å². The predicted octanol–water partition coefficient (Wildman–Crippen LogP) is 13.1. The molecule has 0 unspecified atom stereocenters. The standard InChI is InChI=1S/C46H30O/c1-4-17-31(18-5-1)34-23-10-15-28-40(34)46-44(41-30-16-29-35(45(41)47-46)32-19-6-2-7-20-32)43-38-26-13-11-24-36(38)42(33-21-8-3-9-22-33)37-25-12-14-27-39(37)43/h1-30H/i1D,2D,3D,4D,5D,6D,7D,8D,9D,11D,12D,13D,14D,16D,17D,18D,19D,20D,21D,22D,24D,25D,26D,27D,29D,30D. The molecule has 0 fully saturated rings. The first-order valence-electron chi connectivity index (χ1n) is 27.0. The van der Waals surface area contributed by atoms with E-state index in [0.29, 0.717) is 0 Å². The highest BCUT2D eigenvalue weighted by atomic mass is 16.3. The van der Waals surface area contributed by atoms with Crippen LogP contribution in [0.2, 0.25) is 0 Å². The van der Waals surface area contributed by atoms with Crippen molar-refractivity contribution < 1.29 is 40.1 Å². The van der Waals surface area contributed by atoms with Gasteiger partial charge in [0.1, 0.15) is 11.3 Å². The summed E-state index contributed by atoms with van der Waals surface area (Å²) in [4.78, 5) is 0. The molecule has 0 radical (unpaired) electrons. The zero-order valence-corrected chi connectivity index (χ0v) is 23.7. The molecular weight excluding hydrogens is 569 g/mol. The molecule has 220 valence electrons. The van der Waals surface area contributed by atoms with E-state index in [9.17, 15) is 9.60 Å². The molecule has 0 saturated heterocycles. The normalized spacial score (nSPS) is 19.1. The molecule has 0 aliphatic rings. The molecule has 1 aromatic heterocycles. The lowest BCUT2D eigenvalue weighted by molar-refractivity contribution is 0.634. The van der Waals surface area contributed by atoms with E-state index in [2.05, 4.69) is 0 Å². The summed E-state index contributed by atoms with van der Waals surface area (Å²) in [6, 6.07) is -18.0. The van der Waals surface area contributed by atoms with E-state index in [1.54, 1.807) is 0 Å². The second kappa shape index (κ2) is 11.3. The average molecular weight is 625 g/mol. The Labute approximate surface area is 310 Å². The third-order valence-corrected chi connectivity index (χ3v) is 7.58. The monoisotopic (exact) mass is 624 g/mol. The number of hydrogen-bond donors (Lipinski definition) is 0. The SMILES string of the molecule is [2H]c1c([2H])c([2H])c(-c2ccccc2-c2oc3c(-c4c([2H])c([2H])c([2H])c([2H])c4[2H])c([2H])c([2H])c([2H])c3c2-c2c3c([2H])c([2H])c([2H])c([2H])c3c(-c3c([2H])c([2H])c([2H])c([2H])c3[2H])c3c([2H])c([2H])c([2H])c([2H])c23)c([2H])c1[2H]. The molecule has 9 aromatic rings. The van der Waals surface area contributed by atoms with Gasteiger partial charge in [-0.15, -0.1) is 0 Å². The second-order valence-electron chi connectivity index (χ2n) is 10.1. The van der Waals surface area contributed by atoms with Gasteiger partial charge < -0.3 is 4.42 Å². The zero-order valence-electron chi connectivity index (χ0n) is 49.7. The van der Waals surface area contributed by atoms with Crippen LogP contribution in [0.1, 0.15) is 35.6 Å². The van der Waals surface area contributed by atoms with Crippen molar-refractivity contribution in [2.45, 2.75) is 0 Å². The molecule has 0 N–H and O–H groups in total. The molecule has 1 nitrogen and oxygen atoms in total. The van der Waals surface area contributed by atoms with Gasteiger partial charge in [0.05, 0.1) is 35.6 Å². The maximum absolute atomic E-state index is 9.62. The lowest BCUT2D eigenvalue weighted by Gasteiger charge is -2.18. The Balaban J connectivity index is 1.69. The van der Waals surface area contributed by atoms with Crippen molar-refractivity contribution >= 4 is 32.5 Å². The van der Waals surface area contributed by atoms with Crippen LogP contribution in [-0.4, -0.2) is 0 Å². The Morgan fingerprint density at radius 1 is 0.340 bits per heavy atom. The van der Waals surface area contributed by atoms with Crippen molar-refractivity contribution in [3.05, 3.63) is 181 Å². The van der Waals surface area contributed by atoms with Crippen molar-refractivity contribution in [2.24, 2.45) is 0 Å². The highest BCUT2D eigenvalue weighted by Gasteiger charge is 2.26. The Hall–Kier alpha value is -6.18. The lowest BCUT2D eigenvalue weighted by atomic mass is 9.84. The van der Waals surface area contributed by atoms with E-state index in [4.69, 9.17) is 30.5 Å². The van der Waals surface area contributed by atoms with Crippen LogP contribution >= 0.6 is 0 Å². The van der Waals surface area contributed by atoms with Gasteiger partial charge in [0, 0.05) is 27.6 Å². The van der Waals surface area contributed by atoms with Crippen LogP contribution in [0.3, 0.4) is 0 Å². The summed E-state index contributed by atoms with van der Waals surface area (Å²) in [6.45, 7) is 0. The summed E-state index contributed by atoms with van der Waals surface area (Å²) >= 11 is 0. The molecule has 0 spiro atoms. The summed E-state index contributed by atoms with van der Waals surface area (Å²) in [5.74, 6) is -0.595. The van der Waals surface area contributed by atoms with E-state index < -0.39 is 234 Å². The minimum atomic E-state index is -0.977. The summed E-state index contributed by atoms with van der Waals surface area (Å²) in [5.41, 5.74) is -5.63. The van der Waals surface area contributed by atoms with Gasteiger partial charge in [-0.1, -0.05) is 181 Å². The van der Waals surface area contributed by atoms with Crippen molar-refractivity contribution in [1.82, 2.24) is 0 Å². The minimum absolute atomic E-state index is 0.207. The molecular formula is C46H30O. The molecule has 1 heterocycles. The number of benzene rings is 8. The zero-order chi connectivity index (χ0) is 53.8. The quantitative estimate of drug-likeness (QED) is 0.174. The van der Waals surface area contributed by atoms with Crippen molar-refractivity contribution in [2.75, 3.05) is 0 Å². The largest absolute Gasteiger partial charge is 0.455 e. The Bertz CT molecular complexity index is 3880. The van der Waals surface area contributed by atoms with Crippen LogP contribution in [0.5, 0.6) is 0 Å². The maximum Gasteiger partial charge on any atom is 0.143 e. The Morgan fingerprint density at radius 3 is 1.36 bits per heavy atom. The number of furan rings is 1. The second-order valence-corrected chi connectivity index (χ2v) is 10.1. The molecule has 0 amide bonds. The summed E-state index contributed by atoms with van der Waals surface area (Å²) in [5, 5.41) is -3.35. The van der Waals surface area contributed by atoms with Crippen molar-refractivity contribution in [3.63, 3.8) is 0 Å². The van der Waals surface area contributed by atoms with Gasteiger partial charge in [-0.25, -0.2) is 0 Å². The molecule has 47 heavy (non-hydrogen) atoms. The van der Waals surface area contributed by atoms with E-state index >= 15 is 0 Å². The van der Waals surface area contributed by atoms with Crippen LogP contribution in [0.15, 0.2) is 186 Å². The van der Waals surface area contributed by atoms with Gasteiger partial charge in [0.15, 0.2) is 0 Å². The Kier molecular flexibility index (Phi) is 2.78. The number of rotatable bonds is 5. The van der Waals surface area contributed by atoms with Crippen molar-refractivity contribution in [1.29, 1.82) is 0 Å². The third-order valence-electron chi connectivity index (χ3n) is 7.58. The first-order chi connectivity index (χ1) is 34.1. The molecule has 0 aliphatic heterocycles. The minimum Gasteiger partial charge on any atom is -0.455 e. The number of para-hydroxylation sites is 1. The number of hydrogen-bond acceptors (Lipinski definition) is 1. The lowest BCUT2D eigenvalue weighted by Crippen LogP contribution is -1.92. The first-order valence-corrected chi connectivity index (χ1v) is 14.0. The van der Waals surface area contributed by atoms with Crippen LogP contribution in [0, 0.1) is 0 Å². The van der Waals surface area contributed by atoms with Crippen molar-refractivity contribution in [3.8, 4) is 55.8 Å². The van der Waals surface area contributed by atoms with Gasteiger partial charge >= 0.3 is 0 Å². The van der Waals surface area contributed by atoms with Gasteiger partial charge in [-0.05, 0) is 49.4 Å². The fraction of sp³-hybridized carbons (Fsp3) is 0. The van der Waals surface area contributed by atoms with Crippen LogP contribution in [0.25, 0.3) is 88.3 Å². The van der Waals surface area contributed by atoms with E-state index in [0.717, 1.165) is 0 Å². The molecule has 9 rings (SSSR count). The van der Waals surface area contributed by atoms with Crippen LogP contribution in [0.4, 0.5) is 0 Å². The highest BCUT2D eigenvalue weighted by Crippen LogP contribution is 2.51. The van der Waals surface area contributed by atoms with Crippen LogP contribution < -0.4 is 0 Å². The fourth-order valence-corrected chi connectivity index (χ4v) is 5.70. The molecule has 0 aliphatic carbocycles. The predicted molar refractivity (Wildman–Crippen MR) is 198 cm³/mol. The smallest absolute Gasteiger partial charge is 0.143 e. The summed E-state index contributed by atoms with van der Waals surface area (Å²) < 4.78 is 239. The fourth-order valence-electron chi connectivity index (χ4n) is 5.70. The van der Waals surface area contributed by atoms with Crippen LogP contribution in [-0.2, 0) is 0 Å². The van der Waals surface area contributed by atoms with E-state index in [-0.39, 0.29) is 11.1 Å².